The maximum Gasteiger partial charge on any atom is 0.238 e. The molecule has 2 N–H and O–H groups in total. The number of amides is 1. The lowest BCUT2D eigenvalue weighted by atomic mass is 10.1. The Balaban J connectivity index is 1.87. The molecule has 0 saturated heterocycles. The lowest BCUT2D eigenvalue weighted by Crippen LogP contribution is -2.30. The van der Waals surface area contributed by atoms with Crippen molar-refractivity contribution in [1.82, 2.24) is 15.6 Å². The zero-order valence-electron chi connectivity index (χ0n) is 12.8. The third-order valence-electron chi connectivity index (χ3n) is 3.14. The second-order valence-electron chi connectivity index (χ2n) is 5.18. The maximum atomic E-state index is 11.8. The van der Waals surface area contributed by atoms with Crippen molar-refractivity contribution < 1.29 is 9.32 Å². The van der Waals surface area contributed by atoms with Crippen LogP contribution in [-0.2, 0) is 11.2 Å². The van der Waals surface area contributed by atoms with E-state index in [1.54, 1.807) is 6.92 Å². The first-order valence-electron chi connectivity index (χ1n) is 6.87. The van der Waals surface area contributed by atoms with Crippen molar-refractivity contribution in [3.05, 3.63) is 40.5 Å². The number of carbonyl (C=O) groups is 1. The Morgan fingerprint density at radius 3 is 2.43 bits per heavy atom. The van der Waals surface area contributed by atoms with E-state index in [4.69, 9.17) is 4.52 Å². The normalized spacial score (nSPS) is 10.5. The fourth-order valence-electron chi connectivity index (χ4n) is 2.23. The molecule has 0 unspecified atom stereocenters. The SMILES string of the molecule is Cc1cc(C)c(NNC(=O)CCc2nc(C)no2)c(C)c1. The smallest absolute Gasteiger partial charge is 0.238 e. The van der Waals surface area contributed by atoms with E-state index >= 15 is 0 Å². The van der Waals surface area contributed by atoms with Gasteiger partial charge in [0.25, 0.3) is 0 Å². The van der Waals surface area contributed by atoms with E-state index in [-0.39, 0.29) is 5.91 Å². The highest BCUT2D eigenvalue weighted by Gasteiger charge is 2.08. The second-order valence-corrected chi connectivity index (χ2v) is 5.18. The summed E-state index contributed by atoms with van der Waals surface area (Å²) in [6.07, 6.45) is 0.721. The van der Waals surface area contributed by atoms with Gasteiger partial charge in [-0.2, -0.15) is 4.98 Å². The molecule has 112 valence electrons. The maximum absolute atomic E-state index is 11.8. The van der Waals surface area contributed by atoms with Crippen molar-refractivity contribution in [3.63, 3.8) is 0 Å². The van der Waals surface area contributed by atoms with E-state index in [1.165, 1.54) is 5.56 Å². The van der Waals surface area contributed by atoms with Crippen molar-refractivity contribution in [3.8, 4) is 0 Å². The van der Waals surface area contributed by atoms with Gasteiger partial charge < -0.3 is 4.52 Å². The van der Waals surface area contributed by atoms with Crippen LogP contribution in [0.15, 0.2) is 16.7 Å². The first-order chi connectivity index (χ1) is 9.95. The van der Waals surface area contributed by atoms with Crippen LogP contribution >= 0.6 is 0 Å². The fraction of sp³-hybridized carbons (Fsp3) is 0.400. The number of aryl methyl sites for hydroxylation is 5. The van der Waals surface area contributed by atoms with Gasteiger partial charge in [0, 0.05) is 12.8 Å². The monoisotopic (exact) mass is 288 g/mol. The van der Waals surface area contributed by atoms with E-state index in [0.29, 0.717) is 24.6 Å². The second kappa shape index (κ2) is 6.39. The Morgan fingerprint density at radius 2 is 1.86 bits per heavy atom. The molecule has 1 aromatic carbocycles. The van der Waals surface area contributed by atoms with Crippen LogP contribution in [0.25, 0.3) is 0 Å². The molecule has 0 spiro atoms. The fourth-order valence-corrected chi connectivity index (χ4v) is 2.23. The summed E-state index contributed by atoms with van der Waals surface area (Å²) >= 11 is 0. The zero-order valence-corrected chi connectivity index (χ0v) is 12.8. The van der Waals surface area contributed by atoms with Gasteiger partial charge in [0.05, 0.1) is 5.69 Å². The van der Waals surface area contributed by atoms with Gasteiger partial charge >= 0.3 is 0 Å². The van der Waals surface area contributed by atoms with Gasteiger partial charge in [-0.1, -0.05) is 22.9 Å². The van der Waals surface area contributed by atoms with Gasteiger partial charge in [-0.15, -0.1) is 0 Å². The molecule has 6 heteroatoms. The van der Waals surface area contributed by atoms with E-state index in [2.05, 4.69) is 40.0 Å². The van der Waals surface area contributed by atoms with Crippen molar-refractivity contribution in [1.29, 1.82) is 0 Å². The molecule has 0 atom stereocenters. The third-order valence-corrected chi connectivity index (χ3v) is 3.14. The molecular weight excluding hydrogens is 268 g/mol. The predicted molar refractivity (Wildman–Crippen MR) is 79.8 cm³/mol. The molecule has 0 aliphatic heterocycles. The van der Waals surface area contributed by atoms with E-state index in [9.17, 15) is 4.79 Å². The van der Waals surface area contributed by atoms with Crippen molar-refractivity contribution >= 4 is 11.6 Å². The molecule has 21 heavy (non-hydrogen) atoms. The highest BCUT2D eigenvalue weighted by atomic mass is 16.5. The minimum atomic E-state index is -0.120. The van der Waals surface area contributed by atoms with Crippen molar-refractivity contribution in [2.24, 2.45) is 0 Å². The molecule has 2 rings (SSSR count). The summed E-state index contributed by atoms with van der Waals surface area (Å²) in [6, 6.07) is 4.14. The molecule has 0 fully saturated rings. The number of hydrazine groups is 1. The number of hydrogen-bond acceptors (Lipinski definition) is 5. The molecule has 6 nitrogen and oxygen atoms in total. The summed E-state index contributed by atoms with van der Waals surface area (Å²) in [6.45, 7) is 7.82. The third kappa shape index (κ3) is 4.05. The van der Waals surface area contributed by atoms with Crippen LogP contribution < -0.4 is 10.9 Å². The van der Waals surface area contributed by atoms with Gasteiger partial charge in [-0.25, -0.2) is 0 Å². The number of aromatic nitrogens is 2. The number of rotatable bonds is 5. The van der Waals surface area contributed by atoms with E-state index in [1.807, 2.05) is 13.8 Å². The molecule has 0 aliphatic carbocycles. The van der Waals surface area contributed by atoms with Crippen LogP contribution in [-0.4, -0.2) is 16.0 Å². The Morgan fingerprint density at radius 1 is 1.19 bits per heavy atom. The van der Waals surface area contributed by atoms with Gasteiger partial charge in [0.15, 0.2) is 5.82 Å². The zero-order chi connectivity index (χ0) is 15.4. The van der Waals surface area contributed by atoms with Crippen LogP contribution in [0.3, 0.4) is 0 Å². The molecule has 1 heterocycles. The standard InChI is InChI=1S/C15H20N4O2/c1-9-7-10(2)15(11(3)8-9)18-17-13(20)5-6-14-16-12(4)19-21-14/h7-8,18H,5-6H2,1-4H3,(H,17,20). The Kier molecular flexibility index (Phi) is 4.57. The summed E-state index contributed by atoms with van der Waals surface area (Å²) in [7, 11) is 0. The predicted octanol–water partition coefficient (Wildman–Crippen LogP) is 2.38. The van der Waals surface area contributed by atoms with Crippen molar-refractivity contribution in [2.45, 2.75) is 40.5 Å². The van der Waals surface area contributed by atoms with Crippen LogP contribution in [0.4, 0.5) is 5.69 Å². The molecular formula is C15H20N4O2. The summed E-state index contributed by atoms with van der Waals surface area (Å²) in [5, 5.41) is 3.69. The van der Waals surface area contributed by atoms with Crippen LogP contribution in [0.2, 0.25) is 0 Å². The average Bonchev–Trinajstić information content (AvgIpc) is 2.81. The van der Waals surface area contributed by atoms with Gasteiger partial charge in [0.1, 0.15) is 0 Å². The largest absolute Gasteiger partial charge is 0.339 e. The molecule has 0 aliphatic rings. The quantitative estimate of drug-likeness (QED) is 0.826. The summed E-state index contributed by atoms with van der Waals surface area (Å²) < 4.78 is 4.97. The number of benzene rings is 1. The number of nitrogens with one attached hydrogen (secondary N) is 2. The number of anilines is 1. The van der Waals surface area contributed by atoms with Crippen molar-refractivity contribution in [2.75, 3.05) is 5.43 Å². The minimum Gasteiger partial charge on any atom is -0.339 e. The van der Waals surface area contributed by atoms with E-state index < -0.39 is 0 Å². The highest BCUT2D eigenvalue weighted by Crippen LogP contribution is 2.20. The van der Waals surface area contributed by atoms with Gasteiger partial charge in [-0.05, 0) is 38.8 Å². The molecule has 2 aromatic rings. The molecule has 1 aromatic heterocycles. The number of nitrogens with zero attached hydrogens (tertiary/aromatic N) is 2. The van der Waals surface area contributed by atoms with E-state index in [0.717, 1.165) is 16.8 Å². The molecule has 0 saturated carbocycles. The first-order valence-corrected chi connectivity index (χ1v) is 6.87. The first kappa shape index (κ1) is 15.0. The Hall–Kier alpha value is -2.37. The summed E-state index contributed by atoms with van der Waals surface area (Å²) in [5.41, 5.74) is 10.0. The Bertz CT molecular complexity index is 626. The highest BCUT2D eigenvalue weighted by molar-refractivity contribution is 5.78. The lowest BCUT2D eigenvalue weighted by Gasteiger charge is -2.14. The summed E-state index contributed by atoms with van der Waals surface area (Å²) in [5.74, 6) is 0.935. The Labute approximate surface area is 123 Å². The minimum absolute atomic E-state index is 0.120. The molecule has 1 amide bonds. The van der Waals surface area contributed by atoms with Crippen LogP contribution in [0.5, 0.6) is 0 Å². The lowest BCUT2D eigenvalue weighted by molar-refractivity contribution is -0.120. The van der Waals surface area contributed by atoms with Gasteiger partial charge in [-0.3, -0.25) is 15.6 Å². The number of carbonyl (C=O) groups excluding carboxylic acids is 1. The van der Waals surface area contributed by atoms with Crippen LogP contribution in [0.1, 0.15) is 34.8 Å². The topological polar surface area (TPSA) is 80.0 Å². The van der Waals surface area contributed by atoms with Gasteiger partial charge in [0.2, 0.25) is 11.8 Å². The summed E-state index contributed by atoms with van der Waals surface area (Å²) in [4.78, 5) is 15.9. The molecule has 0 radical (unpaired) electrons. The van der Waals surface area contributed by atoms with Crippen LogP contribution in [0, 0.1) is 27.7 Å². The number of hydrogen-bond donors (Lipinski definition) is 2. The molecule has 0 bridgehead atoms. The average molecular weight is 288 g/mol.